The van der Waals surface area contributed by atoms with Crippen molar-refractivity contribution in [3.63, 3.8) is 0 Å². The SMILES string of the molecule is C=C(CC[C@@H](C)[C@H]1CC[C@@H]2[C@]1(C)CC[C@@H](O)[C@@]2(O)CCc1cc(O)ccc1C)C(C)C. The summed E-state index contributed by atoms with van der Waals surface area (Å²) in [6.07, 6.45) is 6.58. The molecule has 2 saturated carbocycles. The lowest BCUT2D eigenvalue weighted by Gasteiger charge is -2.53. The number of aromatic hydroxyl groups is 1. The van der Waals surface area contributed by atoms with E-state index >= 15 is 0 Å². The molecule has 0 amide bonds. The van der Waals surface area contributed by atoms with Crippen molar-refractivity contribution >= 4 is 0 Å². The lowest BCUT2D eigenvalue weighted by Crippen LogP contribution is -2.58. The number of aryl methyl sites for hydroxylation is 2. The summed E-state index contributed by atoms with van der Waals surface area (Å²) < 4.78 is 0. The van der Waals surface area contributed by atoms with E-state index < -0.39 is 11.7 Å². The zero-order valence-electron chi connectivity index (χ0n) is 20.3. The van der Waals surface area contributed by atoms with Gasteiger partial charge in [-0.1, -0.05) is 45.9 Å². The maximum atomic E-state index is 11.9. The van der Waals surface area contributed by atoms with Crippen LogP contribution in [0, 0.1) is 36.0 Å². The van der Waals surface area contributed by atoms with E-state index in [2.05, 4.69) is 34.3 Å². The maximum Gasteiger partial charge on any atom is 0.115 e. The lowest BCUT2D eigenvalue weighted by atomic mass is 9.55. The second-order valence-corrected chi connectivity index (χ2v) is 11.2. The van der Waals surface area contributed by atoms with Gasteiger partial charge >= 0.3 is 0 Å². The van der Waals surface area contributed by atoms with Crippen LogP contribution >= 0.6 is 0 Å². The average molecular weight is 429 g/mol. The van der Waals surface area contributed by atoms with Crippen molar-refractivity contribution in [2.24, 2.45) is 29.1 Å². The Morgan fingerprint density at radius 1 is 1.19 bits per heavy atom. The number of phenols is 1. The highest BCUT2D eigenvalue weighted by atomic mass is 16.3. The number of rotatable bonds is 8. The van der Waals surface area contributed by atoms with E-state index in [9.17, 15) is 15.3 Å². The Balaban J connectivity index is 1.75. The number of aliphatic hydroxyl groups excluding tert-OH is 1. The highest BCUT2D eigenvalue weighted by Crippen LogP contribution is 2.62. The molecule has 0 unspecified atom stereocenters. The molecule has 3 heteroatoms. The van der Waals surface area contributed by atoms with Gasteiger partial charge in [-0.25, -0.2) is 0 Å². The zero-order chi connectivity index (χ0) is 23.0. The normalized spacial score (nSPS) is 34.0. The summed E-state index contributed by atoms with van der Waals surface area (Å²) in [6, 6.07) is 5.43. The minimum atomic E-state index is -1.05. The molecule has 0 saturated heterocycles. The van der Waals surface area contributed by atoms with E-state index in [0.29, 0.717) is 37.0 Å². The molecule has 1 aromatic carbocycles. The van der Waals surface area contributed by atoms with Crippen LogP contribution in [0.4, 0.5) is 0 Å². The number of phenolic OH excluding ortho intramolecular Hbond substituents is 1. The Hall–Kier alpha value is -1.32. The largest absolute Gasteiger partial charge is 0.508 e. The Morgan fingerprint density at radius 2 is 1.90 bits per heavy atom. The summed E-state index contributed by atoms with van der Waals surface area (Å²) >= 11 is 0. The van der Waals surface area contributed by atoms with Crippen LogP contribution in [0.25, 0.3) is 0 Å². The molecule has 1 aromatic rings. The number of fused-ring (bicyclic) bond motifs is 1. The molecule has 0 aliphatic heterocycles. The van der Waals surface area contributed by atoms with Crippen LogP contribution < -0.4 is 0 Å². The molecule has 2 aliphatic carbocycles. The fourth-order valence-electron chi connectivity index (χ4n) is 6.81. The minimum Gasteiger partial charge on any atom is -0.508 e. The number of hydrogen-bond donors (Lipinski definition) is 3. The van der Waals surface area contributed by atoms with E-state index in [1.54, 1.807) is 12.1 Å². The van der Waals surface area contributed by atoms with Gasteiger partial charge in [-0.3, -0.25) is 0 Å². The molecule has 0 radical (unpaired) electrons. The molecule has 2 aliphatic rings. The van der Waals surface area contributed by atoms with Crippen molar-refractivity contribution in [3.8, 4) is 5.75 Å². The van der Waals surface area contributed by atoms with E-state index in [1.807, 2.05) is 13.0 Å². The van der Waals surface area contributed by atoms with E-state index in [-0.39, 0.29) is 17.1 Å². The molecule has 6 atom stereocenters. The molecular weight excluding hydrogens is 384 g/mol. The fraction of sp³-hybridized carbons (Fsp3) is 0.714. The summed E-state index contributed by atoms with van der Waals surface area (Å²) in [7, 11) is 0. The van der Waals surface area contributed by atoms with Crippen molar-refractivity contribution in [2.75, 3.05) is 0 Å². The van der Waals surface area contributed by atoms with Crippen LogP contribution in [0.3, 0.4) is 0 Å². The Bertz CT molecular complexity index is 784. The topological polar surface area (TPSA) is 60.7 Å². The quantitative estimate of drug-likeness (QED) is 0.433. The van der Waals surface area contributed by atoms with Gasteiger partial charge in [0.2, 0.25) is 0 Å². The van der Waals surface area contributed by atoms with Crippen molar-refractivity contribution in [2.45, 2.75) is 97.7 Å². The van der Waals surface area contributed by atoms with Gasteiger partial charge in [0.05, 0.1) is 11.7 Å². The predicted molar refractivity (Wildman–Crippen MR) is 128 cm³/mol. The molecule has 0 heterocycles. The number of allylic oxidation sites excluding steroid dienone is 1. The molecule has 0 spiro atoms. The van der Waals surface area contributed by atoms with Crippen molar-refractivity contribution in [1.82, 2.24) is 0 Å². The van der Waals surface area contributed by atoms with Crippen LogP contribution in [-0.2, 0) is 6.42 Å². The van der Waals surface area contributed by atoms with Gasteiger partial charge in [-0.2, -0.15) is 0 Å². The molecule has 0 aromatic heterocycles. The zero-order valence-corrected chi connectivity index (χ0v) is 20.3. The molecule has 2 fully saturated rings. The van der Waals surface area contributed by atoms with Crippen LogP contribution in [0.2, 0.25) is 0 Å². The van der Waals surface area contributed by atoms with Gasteiger partial charge < -0.3 is 15.3 Å². The predicted octanol–water partition coefficient (Wildman–Crippen LogP) is 6.18. The third-order valence-electron chi connectivity index (χ3n) is 9.10. The number of benzene rings is 1. The van der Waals surface area contributed by atoms with Gasteiger partial charge in [0, 0.05) is 0 Å². The first kappa shape index (κ1) is 24.3. The highest BCUT2D eigenvalue weighted by Gasteiger charge is 2.60. The van der Waals surface area contributed by atoms with Gasteiger partial charge in [0.15, 0.2) is 0 Å². The molecule has 3 nitrogen and oxygen atoms in total. The molecule has 3 rings (SSSR count). The van der Waals surface area contributed by atoms with Crippen molar-refractivity contribution in [3.05, 3.63) is 41.5 Å². The van der Waals surface area contributed by atoms with E-state index in [4.69, 9.17) is 0 Å². The molecule has 31 heavy (non-hydrogen) atoms. The molecule has 3 N–H and O–H groups in total. The number of hydrogen-bond acceptors (Lipinski definition) is 3. The van der Waals surface area contributed by atoms with Crippen LogP contribution in [0.5, 0.6) is 5.75 Å². The lowest BCUT2D eigenvalue weighted by molar-refractivity contribution is -0.181. The van der Waals surface area contributed by atoms with Gasteiger partial charge in [0.25, 0.3) is 0 Å². The average Bonchev–Trinajstić information content (AvgIpc) is 3.08. The standard InChI is InChI=1S/C28H44O3/c1-18(2)19(3)7-8-21(5)24-11-12-25-27(24,6)15-14-26(30)28(25,31)16-13-22-17-23(29)10-9-20(22)4/h9-10,17-18,21,24-26,29-31H,3,7-8,11-16H2,1-2,4-6H3/t21-,24-,25-,26-,27-,28-/m1/s1. The summed E-state index contributed by atoms with van der Waals surface area (Å²) in [6.45, 7) is 15.5. The summed E-state index contributed by atoms with van der Waals surface area (Å²) in [5.41, 5.74) is 2.53. The summed E-state index contributed by atoms with van der Waals surface area (Å²) in [4.78, 5) is 0. The Kier molecular flexibility index (Phi) is 7.28. The Morgan fingerprint density at radius 3 is 2.58 bits per heavy atom. The van der Waals surface area contributed by atoms with Gasteiger partial charge in [-0.05, 0) is 111 Å². The minimum absolute atomic E-state index is 0.0699. The molecule has 174 valence electrons. The second kappa shape index (κ2) is 9.27. The van der Waals surface area contributed by atoms with Crippen LogP contribution in [-0.4, -0.2) is 27.0 Å². The molecular formula is C28H44O3. The van der Waals surface area contributed by atoms with E-state index in [0.717, 1.165) is 43.2 Å². The first-order chi connectivity index (χ1) is 14.5. The third-order valence-corrected chi connectivity index (χ3v) is 9.10. The number of aliphatic hydroxyl groups is 2. The van der Waals surface area contributed by atoms with Crippen molar-refractivity contribution < 1.29 is 15.3 Å². The first-order valence-electron chi connectivity index (χ1n) is 12.4. The second-order valence-electron chi connectivity index (χ2n) is 11.2. The molecule has 0 bridgehead atoms. The monoisotopic (exact) mass is 428 g/mol. The maximum absolute atomic E-state index is 11.9. The fourth-order valence-corrected chi connectivity index (χ4v) is 6.81. The first-order valence-corrected chi connectivity index (χ1v) is 12.4. The van der Waals surface area contributed by atoms with Crippen LogP contribution in [0.15, 0.2) is 30.4 Å². The smallest absolute Gasteiger partial charge is 0.115 e. The van der Waals surface area contributed by atoms with Crippen molar-refractivity contribution in [1.29, 1.82) is 0 Å². The third kappa shape index (κ3) is 4.73. The summed E-state index contributed by atoms with van der Waals surface area (Å²) in [5, 5.41) is 32.7. The van der Waals surface area contributed by atoms with Crippen LogP contribution in [0.1, 0.15) is 83.8 Å². The van der Waals surface area contributed by atoms with Gasteiger partial charge in [-0.15, -0.1) is 0 Å². The summed E-state index contributed by atoms with van der Waals surface area (Å²) in [5.74, 6) is 2.11. The Labute approximate surface area is 189 Å². The van der Waals surface area contributed by atoms with E-state index in [1.165, 1.54) is 5.57 Å². The van der Waals surface area contributed by atoms with Gasteiger partial charge in [0.1, 0.15) is 5.75 Å². The highest BCUT2D eigenvalue weighted by molar-refractivity contribution is 5.34.